The molecule has 1 aromatic carbocycles. The van der Waals surface area contributed by atoms with Gasteiger partial charge in [-0.05, 0) is 12.6 Å². The van der Waals surface area contributed by atoms with Crippen molar-refractivity contribution in [3.05, 3.63) is 35.6 Å². The summed E-state index contributed by atoms with van der Waals surface area (Å²) in [6.07, 6.45) is 0.886. The molecule has 2 saturated heterocycles. The van der Waals surface area contributed by atoms with E-state index in [4.69, 9.17) is 4.84 Å². The molecule has 2 aliphatic heterocycles. The van der Waals surface area contributed by atoms with Crippen molar-refractivity contribution >= 4 is 13.6 Å². The summed E-state index contributed by atoms with van der Waals surface area (Å²) in [5.74, 6) is -0.0530. The number of nitrogens with one attached hydrogen (secondary N) is 1. The van der Waals surface area contributed by atoms with Crippen LogP contribution >= 0.6 is 0 Å². The first-order valence-electron chi connectivity index (χ1n) is 6.06. The van der Waals surface area contributed by atoms with Crippen LogP contribution in [0.2, 0.25) is 0 Å². The summed E-state index contributed by atoms with van der Waals surface area (Å²) in [6, 6.07) is 6.75. The lowest BCUT2D eigenvalue weighted by molar-refractivity contribution is 0.0535. The topological polar surface area (TPSA) is 41.6 Å². The number of carbonyl (C=O) groups is 1. The quantitative estimate of drug-likeness (QED) is 0.605. The summed E-state index contributed by atoms with van der Waals surface area (Å²) in [6.45, 7) is 1.89. The number of hydrogen-bond acceptors (Lipinski definition) is 4. The van der Waals surface area contributed by atoms with Gasteiger partial charge in [-0.1, -0.05) is 18.2 Å². The molecule has 3 rings (SSSR count). The van der Waals surface area contributed by atoms with Gasteiger partial charge in [0.15, 0.2) is 0 Å². The summed E-state index contributed by atoms with van der Waals surface area (Å²) in [7, 11) is 0.383. The van der Waals surface area contributed by atoms with Crippen molar-refractivity contribution in [2.45, 2.75) is 5.54 Å². The van der Waals surface area contributed by atoms with Gasteiger partial charge < -0.3 is 14.4 Å². The second-order valence-electron chi connectivity index (χ2n) is 4.92. The van der Waals surface area contributed by atoms with Crippen LogP contribution in [-0.2, 0) is 15.2 Å². The standard InChI is InChI=1S/C12H14BFN2O2/c14-11-4-2-1-3-10(11)12-7-16(13-8-17)5-9(12)6-18-15-12/h1-4,8-9,13,15H,5-7H2. The molecule has 2 fully saturated rings. The maximum absolute atomic E-state index is 14.0. The molecule has 0 saturated carbocycles. The van der Waals surface area contributed by atoms with Crippen LogP contribution in [0.15, 0.2) is 24.3 Å². The molecule has 0 spiro atoms. The minimum Gasteiger partial charge on any atom is -0.336 e. The number of hydrogen-bond donors (Lipinski definition) is 1. The lowest BCUT2D eigenvalue weighted by atomic mass is 9.82. The Morgan fingerprint density at radius 2 is 2.39 bits per heavy atom. The number of benzene rings is 1. The average molecular weight is 248 g/mol. The van der Waals surface area contributed by atoms with Gasteiger partial charge in [0.2, 0.25) is 0 Å². The van der Waals surface area contributed by atoms with Gasteiger partial charge in [0.05, 0.1) is 18.3 Å². The maximum atomic E-state index is 14.0. The van der Waals surface area contributed by atoms with E-state index in [-0.39, 0.29) is 11.7 Å². The van der Waals surface area contributed by atoms with Crippen LogP contribution in [0.3, 0.4) is 0 Å². The van der Waals surface area contributed by atoms with Gasteiger partial charge in [-0.3, -0.25) is 0 Å². The van der Waals surface area contributed by atoms with E-state index in [0.29, 0.717) is 26.1 Å². The predicted octanol–water partition coefficient (Wildman–Crippen LogP) is 0.0293. The average Bonchev–Trinajstić information content (AvgIpc) is 2.87. The molecule has 2 unspecified atom stereocenters. The molecule has 6 heteroatoms. The highest BCUT2D eigenvalue weighted by atomic mass is 19.1. The van der Waals surface area contributed by atoms with Crippen LogP contribution in [-0.4, -0.2) is 38.1 Å². The van der Waals surface area contributed by atoms with E-state index in [0.717, 1.165) is 12.7 Å². The third-order valence-corrected chi connectivity index (χ3v) is 3.87. The van der Waals surface area contributed by atoms with Crippen LogP contribution in [0, 0.1) is 11.7 Å². The fourth-order valence-corrected chi connectivity index (χ4v) is 3.02. The Hall–Kier alpha value is -1.24. The lowest BCUT2D eigenvalue weighted by Gasteiger charge is -2.28. The minimum absolute atomic E-state index is 0.175. The highest BCUT2D eigenvalue weighted by Gasteiger charge is 2.52. The Labute approximate surface area is 105 Å². The van der Waals surface area contributed by atoms with E-state index < -0.39 is 5.54 Å². The van der Waals surface area contributed by atoms with Crippen molar-refractivity contribution in [1.29, 1.82) is 0 Å². The summed E-state index contributed by atoms with van der Waals surface area (Å²) in [4.78, 5) is 18.0. The monoisotopic (exact) mass is 248 g/mol. The molecule has 0 aromatic heterocycles. The van der Waals surface area contributed by atoms with Crippen molar-refractivity contribution in [3.63, 3.8) is 0 Å². The van der Waals surface area contributed by atoms with Gasteiger partial charge in [0.1, 0.15) is 5.82 Å². The summed E-state index contributed by atoms with van der Waals surface area (Å²) < 4.78 is 14.0. The van der Waals surface area contributed by atoms with Gasteiger partial charge in [-0.25, -0.2) is 4.39 Å². The largest absolute Gasteiger partial charge is 0.336 e. The highest BCUT2D eigenvalue weighted by Crippen LogP contribution is 2.41. The highest BCUT2D eigenvalue weighted by molar-refractivity contribution is 6.64. The number of carbonyl (C=O) groups excluding carboxylic acids is 1. The summed E-state index contributed by atoms with van der Waals surface area (Å²) >= 11 is 0. The van der Waals surface area contributed by atoms with E-state index in [1.165, 1.54) is 6.07 Å². The zero-order valence-electron chi connectivity index (χ0n) is 9.93. The molecule has 2 atom stereocenters. The number of fused-ring (bicyclic) bond motifs is 1. The normalized spacial score (nSPS) is 31.3. The molecule has 0 aliphatic carbocycles. The van der Waals surface area contributed by atoms with Crippen LogP contribution < -0.4 is 5.48 Å². The molecule has 0 bridgehead atoms. The van der Waals surface area contributed by atoms with Crippen LogP contribution in [0.5, 0.6) is 0 Å². The van der Waals surface area contributed by atoms with E-state index in [2.05, 4.69) is 5.48 Å². The fraction of sp³-hybridized carbons (Fsp3) is 0.417. The Morgan fingerprint density at radius 1 is 1.56 bits per heavy atom. The second kappa shape index (κ2) is 4.46. The first-order chi connectivity index (χ1) is 8.76. The van der Waals surface area contributed by atoms with Gasteiger partial charge in [0.25, 0.3) is 7.41 Å². The van der Waals surface area contributed by atoms with Crippen LogP contribution in [0.25, 0.3) is 0 Å². The molecule has 0 radical (unpaired) electrons. The Morgan fingerprint density at radius 3 is 3.17 bits per heavy atom. The molecule has 2 heterocycles. The van der Waals surface area contributed by atoms with Crippen molar-refractivity contribution in [2.24, 2.45) is 5.92 Å². The molecule has 4 nitrogen and oxygen atoms in total. The van der Waals surface area contributed by atoms with Gasteiger partial charge in [0, 0.05) is 18.0 Å². The third kappa shape index (κ3) is 1.68. The van der Waals surface area contributed by atoms with Crippen LogP contribution in [0.4, 0.5) is 4.39 Å². The second-order valence-corrected chi connectivity index (χ2v) is 4.92. The Balaban J connectivity index is 1.97. The predicted molar refractivity (Wildman–Crippen MR) is 66.1 cm³/mol. The molecule has 1 N–H and O–H groups in total. The molecule has 1 aromatic rings. The number of hydroxylamine groups is 1. The lowest BCUT2D eigenvalue weighted by Crippen LogP contribution is -2.44. The number of halogens is 1. The Kier molecular flexibility index (Phi) is 2.93. The molecule has 2 aliphatic rings. The van der Waals surface area contributed by atoms with Gasteiger partial charge in [-0.2, -0.15) is 5.48 Å². The Bertz CT molecular complexity index is 473. The molecular weight excluding hydrogens is 234 g/mol. The van der Waals surface area contributed by atoms with Crippen LogP contribution in [0.1, 0.15) is 5.56 Å². The summed E-state index contributed by atoms with van der Waals surface area (Å²) in [5, 5.41) is 0. The maximum Gasteiger partial charge on any atom is 0.281 e. The third-order valence-electron chi connectivity index (χ3n) is 3.87. The first kappa shape index (κ1) is 11.8. The smallest absolute Gasteiger partial charge is 0.281 e. The summed E-state index contributed by atoms with van der Waals surface area (Å²) in [5.41, 5.74) is 3.09. The van der Waals surface area contributed by atoms with E-state index in [9.17, 15) is 9.18 Å². The molecule has 94 valence electrons. The first-order valence-corrected chi connectivity index (χ1v) is 6.06. The minimum atomic E-state index is -0.519. The van der Waals surface area contributed by atoms with Crippen molar-refractivity contribution in [1.82, 2.24) is 10.3 Å². The fourth-order valence-electron chi connectivity index (χ4n) is 3.02. The SMILES string of the molecule is O=CBN1CC2CONC2(c2ccccc2F)C1. The van der Waals surface area contributed by atoms with E-state index >= 15 is 0 Å². The molecule has 0 amide bonds. The molecule has 18 heavy (non-hydrogen) atoms. The zero-order valence-corrected chi connectivity index (χ0v) is 9.93. The van der Waals surface area contributed by atoms with Crippen molar-refractivity contribution < 1.29 is 14.0 Å². The zero-order chi connectivity index (χ0) is 12.6. The molecular formula is C12H14BFN2O2. The van der Waals surface area contributed by atoms with Crippen molar-refractivity contribution in [2.75, 3.05) is 19.7 Å². The number of nitrogens with zero attached hydrogens (tertiary/aromatic N) is 1. The number of rotatable bonds is 3. The van der Waals surface area contributed by atoms with Gasteiger partial charge in [-0.15, -0.1) is 0 Å². The van der Waals surface area contributed by atoms with Gasteiger partial charge >= 0.3 is 0 Å². The van der Waals surface area contributed by atoms with Crippen molar-refractivity contribution in [3.8, 4) is 0 Å². The van der Waals surface area contributed by atoms with E-state index in [1.54, 1.807) is 12.1 Å². The van der Waals surface area contributed by atoms with E-state index in [1.807, 2.05) is 10.9 Å².